The van der Waals surface area contributed by atoms with Crippen LogP contribution in [0.4, 0.5) is 5.69 Å². The molecule has 2 N–H and O–H groups in total. The Morgan fingerprint density at radius 1 is 1.58 bits per heavy atom. The lowest BCUT2D eigenvalue weighted by atomic mass is 10.1. The second-order valence-corrected chi connectivity index (χ2v) is 5.87. The molecule has 2 rings (SSSR count). The molecule has 0 atom stereocenters. The predicted molar refractivity (Wildman–Crippen MR) is 81.7 cm³/mol. The summed E-state index contributed by atoms with van der Waals surface area (Å²) in [7, 11) is 0. The quantitative estimate of drug-likeness (QED) is 0.860. The summed E-state index contributed by atoms with van der Waals surface area (Å²) in [6, 6.07) is 5.89. The Morgan fingerprint density at radius 3 is 2.84 bits per heavy atom. The van der Waals surface area contributed by atoms with Crippen LogP contribution in [-0.4, -0.2) is 43.0 Å². The molecule has 1 aromatic carbocycles. The number of halogens is 2. The van der Waals surface area contributed by atoms with Gasteiger partial charge in [-0.25, -0.2) is 0 Å². The summed E-state index contributed by atoms with van der Waals surface area (Å²) in [5.74, 6) is -0.0297. The van der Waals surface area contributed by atoms with Crippen LogP contribution in [0, 0.1) is 0 Å². The standard InChI is InChI=1S/C13H17BrClN3O/c1-2-18(10-6-16-7-10)8-13(19)17-12-4-3-9(14)5-11(12)15/h3-5,10,16H,2,6-8H2,1H3,(H,17,19). The third kappa shape index (κ3) is 3.92. The number of nitrogens with zero attached hydrogens (tertiary/aromatic N) is 1. The fourth-order valence-corrected chi connectivity index (χ4v) is 2.72. The first kappa shape index (κ1) is 14.8. The van der Waals surface area contributed by atoms with Crippen LogP contribution in [0.1, 0.15) is 6.92 Å². The largest absolute Gasteiger partial charge is 0.324 e. The molecule has 0 unspecified atom stereocenters. The van der Waals surface area contributed by atoms with Crippen LogP contribution in [0.25, 0.3) is 0 Å². The first-order valence-electron chi connectivity index (χ1n) is 6.30. The fraction of sp³-hybridized carbons (Fsp3) is 0.462. The van der Waals surface area contributed by atoms with Gasteiger partial charge >= 0.3 is 0 Å². The molecule has 19 heavy (non-hydrogen) atoms. The summed E-state index contributed by atoms with van der Waals surface area (Å²) in [5.41, 5.74) is 0.651. The van der Waals surface area contributed by atoms with E-state index in [4.69, 9.17) is 11.6 Å². The zero-order chi connectivity index (χ0) is 13.8. The van der Waals surface area contributed by atoms with Gasteiger partial charge in [-0.05, 0) is 24.7 Å². The molecule has 0 aliphatic carbocycles. The van der Waals surface area contributed by atoms with Crippen LogP contribution in [0.5, 0.6) is 0 Å². The third-order valence-electron chi connectivity index (χ3n) is 3.23. The smallest absolute Gasteiger partial charge is 0.238 e. The van der Waals surface area contributed by atoms with Crippen LogP contribution in [0.3, 0.4) is 0 Å². The summed E-state index contributed by atoms with van der Waals surface area (Å²) in [6.45, 7) is 5.25. The van der Waals surface area contributed by atoms with Crippen LogP contribution in [0.2, 0.25) is 5.02 Å². The van der Waals surface area contributed by atoms with E-state index in [2.05, 4.69) is 38.4 Å². The van der Waals surface area contributed by atoms with Gasteiger partial charge in [0.1, 0.15) is 0 Å². The van der Waals surface area contributed by atoms with E-state index in [0.717, 1.165) is 24.1 Å². The van der Waals surface area contributed by atoms with Gasteiger partial charge < -0.3 is 10.6 Å². The van der Waals surface area contributed by atoms with E-state index >= 15 is 0 Å². The Labute approximate surface area is 126 Å². The summed E-state index contributed by atoms with van der Waals surface area (Å²) in [5, 5.41) is 6.60. The second-order valence-electron chi connectivity index (χ2n) is 4.55. The van der Waals surface area contributed by atoms with Gasteiger partial charge in [-0.1, -0.05) is 34.5 Å². The molecule has 0 aromatic heterocycles. The number of hydrogen-bond acceptors (Lipinski definition) is 3. The van der Waals surface area contributed by atoms with Gasteiger partial charge in [-0.2, -0.15) is 0 Å². The van der Waals surface area contributed by atoms with Crippen molar-refractivity contribution in [2.45, 2.75) is 13.0 Å². The number of hydrogen-bond donors (Lipinski definition) is 2. The molecule has 1 saturated heterocycles. The summed E-state index contributed by atoms with van der Waals surface area (Å²) in [6.07, 6.45) is 0. The molecule has 0 bridgehead atoms. The SMILES string of the molecule is CCN(CC(=O)Nc1ccc(Br)cc1Cl)C1CNC1. The topological polar surface area (TPSA) is 44.4 Å². The maximum atomic E-state index is 12.0. The number of amides is 1. The van der Waals surface area contributed by atoms with Gasteiger partial charge in [-0.15, -0.1) is 0 Å². The van der Waals surface area contributed by atoms with E-state index in [1.807, 2.05) is 6.07 Å². The van der Waals surface area contributed by atoms with Crippen molar-refractivity contribution >= 4 is 39.1 Å². The minimum absolute atomic E-state index is 0.0297. The zero-order valence-corrected chi connectivity index (χ0v) is 13.1. The molecule has 1 aliphatic heterocycles. The van der Waals surface area contributed by atoms with E-state index in [-0.39, 0.29) is 5.91 Å². The Morgan fingerprint density at radius 2 is 2.32 bits per heavy atom. The van der Waals surface area contributed by atoms with Crippen molar-refractivity contribution in [3.05, 3.63) is 27.7 Å². The molecule has 1 fully saturated rings. The average Bonchev–Trinajstić information content (AvgIpc) is 2.29. The third-order valence-corrected chi connectivity index (χ3v) is 4.04. The number of carbonyl (C=O) groups is 1. The number of anilines is 1. The molecule has 1 aromatic rings. The molecule has 0 spiro atoms. The molecule has 1 amide bonds. The van der Waals surface area contributed by atoms with Crippen molar-refractivity contribution in [2.24, 2.45) is 0 Å². The van der Waals surface area contributed by atoms with Gasteiger partial charge in [0.05, 0.1) is 17.3 Å². The summed E-state index contributed by atoms with van der Waals surface area (Å²) >= 11 is 9.41. The molecule has 1 aliphatic rings. The monoisotopic (exact) mass is 345 g/mol. The zero-order valence-electron chi connectivity index (χ0n) is 10.7. The lowest BCUT2D eigenvalue weighted by Gasteiger charge is -2.37. The minimum atomic E-state index is -0.0297. The van der Waals surface area contributed by atoms with E-state index in [0.29, 0.717) is 23.3 Å². The van der Waals surface area contributed by atoms with E-state index in [9.17, 15) is 4.79 Å². The molecule has 0 radical (unpaired) electrons. The lowest BCUT2D eigenvalue weighted by molar-refractivity contribution is -0.118. The maximum Gasteiger partial charge on any atom is 0.238 e. The lowest BCUT2D eigenvalue weighted by Crippen LogP contribution is -2.58. The fourth-order valence-electron chi connectivity index (χ4n) is 2.00. The average molecular weight is 347 g/mol. The van der Waals surface area contributed by atoms with Gasteiger partial charge in [0.25, 0.3) is 0 Å². The van der Waals surface area contributed by atoms with Gasteiger partial charge in [0.15, 0.2) is 0 Å². The first-order chi connectivity index (χ1) is 9.10. The number of likely N-dealkylation sites (N-methyl/N-ethyl adjacent to an activating group) is 1. The normalized spacial score (nSPS) is 15.4. The maximum absolute atomic E-state index is 12.0. The number of benzene rings is 1. The van der Waals surface area contributed by atoms with Crippen molar-refractivity contribution in [2.75, 3.05) is 31.5 Å². The molecular weight excluding hydrogens is 330 g/mol. The van der Waals surface area contributed by atoms with Crippen molar-refractivity contribution < 1.29 is 4.79 Å². The molecule has 6 heteroatoms. The minimum Gasteiger partial charge on any atom is -0.324 e. The van der Waals surface area contributed by atoms with Crippen LogP contribution in [0.15, 0.2) is 22.7 Å². The van der Waals surface area contributed by atoms with Gasteiger partial charge in [0, 0.05) is 23.6 Å². The Kier molecular flexibility index (Phi) is 5.21. The van der Waals surface area contributed by atoms with Gasteiger partial charge in [-0.3, -0.25) is 9.69 Å². The molecule has 104 valence electrons. The number of carbonyl (C=O) groups excluding carboxylic acids is 1. The highest BCUT2D eigenvalue weighted by atomic mass is 79.9. The first-order valence-corrected chi connectivity index (χ1v) is 7.47. The number of rotatable bonds is 5. The molecule has 1 heterocycles. The van der Waals surface area contributed by atoms with E-state index in [1.54, 1.807) is 12.1 Å². The second kappa shape index (κ2) is 6.70. The molecule has 4 nitrogen and oxygen atoms in total. The Balaban J connectivity index is 1.92. The highest BCUT2D eigenvalue weighted by Crippen LogP contribution is 2.25. The molecular formula is C13H17BrClN3O. The highest BCUT2D eigenvalue weighted by molar-refractivity contribution is 9.10. The van der Waals surface area contributed by atoms with Crippen molar-refractivity contribution in [1.29, 1.82) is 0 Å². The van der Waals surface area contributed by atoms with Crippen LogP contribution in [-0.2, 0) is 4.79 Å². The Bertz CT molecular complexity index is 465. The highest BCUT2D eigenvalue weighted by Gasteiger charge is 2.24. The predicted octanol–water partition coefficient (Wildman–Crippen LogP) is 2.33. The van der Waals surface area contributed by atoms with E-state index in [1.165, 1.54) is 0 Å². The Hall–Kier alpha value is -0.620. The molecule has 0 saturated carbocycles. The number of nitrogens with one attached hydrogen (secondary N) is 2. The van der Waals surface area contributed by atoms with Crippen molar-refractivity contribution in [1.82, 2.24) is 10.2 Å². The van der Waals surface area contributed by atoms with Crippen LogP contribution >= 0.6 is 27.5 Å². The van der Waals surface area contributed by atoms with Crippen molar-refractivity contribution in [3.63, 3.8) is 0 Å². The summed E-state index contributed by atoms with van der Waals surface area (Å²) in [4.78, 5) is 14.2. The van der Waals surface area contributed by atoms with Gasteiger partial charge in [0.2, 0.25) is 5.91 Å². The van der Waals surface area contributed by atoms with E-state index < -0.39 is 0 Å². The van der Waals surface area contributed by atoms with Crippen molar-refractivity contribution in [3.8, 4) is 0 Å². The summed E-state index contributed by atoms with van der Waals surface area (Å²) < 4.78 is 0.895. The van der Waals surface area contributed by atoms with Crippen LogP contribution < -0.4 is 10.6 Å².